The number of hydrogen-bond donors (Lipinski definition) is 1. The third kappa shape index (κ3) is 4.09. The molecule has 0 saturated heterocycles. The van der Waals surface area contributed by atoms with Crippen LogP contribution in [0, 0.1) is 0 Å². The van der Waals surface area contributed by atoms with Crippen molar-refractivity contribution in [1.29, 1.82) is 0 Å². The van der Waals surface area contributed by atoms with E-state index in [1.54, 1.807) is 0 Å². The van der Waals surface area contributed by atoms with Crippen LogP contribution in [0.5, 0.6) is 0 Å². The summed E-state index contributed by atoms with van der Waals surface area (Å²) in [5.41, 5.74) is 1.44. The number of halogens is 2. The maximum atomic E-state index is 13.0. The first-order chi connectivity index (χ1) is 10.2. The molecule has 2 aromatic rings. The second-order valence-corrected chi connectivity index (χ2v) is 6.79. The zero-order valence-electron chi connectivity index (χ0n) is 11.2. The van der Waals surface area contributed by atoms with E-state index in [2.05, 4.69) is 10.2 Å². The van der Waals surface area contributed by atoms with Gasteiger partial charge in [0.25, 0.3) is 0 Å². The van der Waals surface area contributed by atoms with E-state index in [9.17, 15) is 4.57 Å². The Morgan fingerprint density at radius 1 is 1.10 bits per heavy atom. The van der Waals surface area contributed by atoms with E-state index < -0.39 is 7.60 Å². The average Bonchev–Trinajstić information content (AvgIpc) is 3.02. The fourth-order valence-electron chi connectivity index (χ4n) is 1.79. The molecule has 0 spiro atoms. The molecule has 0 aliphatic heterocycles. The molecule has 1 aromatic carbocycles. The highest BCUT2D eigenvalue weighted by molar-refractivity contribution is 7.62. The standard InChI is InChI=1S/C13H15Cl2N2O3P/c14-6-8-19-21(18,20-9-7-15)12-10-16-17-13(12)11-4-2-1-3-5-11/h1-5,10H,6-9H2,(H,16,17). The molecule has 0 unspecified atom stereocenters. The van der Waals surface area contributed by atoms with Gasteiger partial charge in [-0.15, -0.1) is 23.2 Å². The number of aromatic nitrogens is 2. The second kappa shape index (κ2) is 7.97. The lowest BCUT2D eigenvalue weighted by Gasteiger charge is -2.17. The summed E-state index contributed by atoms with van der Waals surface area (Å²) in [7, 11) is -3.52. The van der Waals surface area contributed by atoms with Crippen molar-refractivity contribution in [2.75, 3.05) is 25.0 Å². The number of rotatable bonds is 8. The molecule has 2 rings (SSSR count). The highest BCUT2D eigenvalue weighted by Crippen LogP contribution is 2.48. The molecule has 5 nitrogen and oxygen atoms in total. The van der Waals surface area contributed by atoms with Crippen LogP contribution in [0.15, 0.2) is 36.5 Å². The summed E-state index contributed by atoms with van der Waals surface area (Å²) in [6.07, 6.45) is 1.45. The van der Waals surface area contributed by atoms with Crippen LogP contribution in [0.25, 0.3) is 11.3 Å². The molecular formula is C13H15Cl2N2O3P. The monoisotopic (exact) mass is 348 g/mol. The molecule has 0 fully saturated rings. The van der Waals surface area contributed by atoms with E-state index >= 15 is 0 Å². The fourth-order valence-corrected chi connectivity index (χ4v) is 3.83. The van der Waals surface area contributed by atoms with Crippen molar-refractivity contribution in [3.8, 4) is 11.3 Å². The van der Waals surface area contributed by atoms with Gasteiger partial charge >= 0.3 is 7.60 Å². The van der Waals surface area contributed by atoms with Gasteiger partial charge in [0, 0.05) is 17.3 Å². The van der Waals surface area contributed by atoms with E-state index in [0.29, 0.717) is 11.0 Å². The zero-order valence-corrected chi connectivity index (χ0v) is 13.6. The number of nitrogens with zero attached hydrogens (tertiary/aromatic N) is 1. The number of benzene rings is 1. The summed E-state index contributed by atoms with van der Waals surface area (Å²) < 4.78 is 23.7. The first kappa shape index (κ1) is 16.5. The molecule has 0 atom stereocenters. The number of aromatic amines is 1. The number of hydrogen-bond acceptors (Lipinski definition) is 4. The van der Waals surface area contributed by atoms with Crippen molar-refractivity contribution in [2.24, 2.45) is 0 Å². The molecule has 0 radical (unpaired) electrons. The van der Waals surface area contributed by atoms with Crippen molar-refractivity contribution in [1.82, 2.24) is 10.2 Å². The van der Waals surface area contributed by atoms with Gasteiger partial charge in [-0.2, -0.15) is 5.10 Å². The molecular weight excluding hydrogens is 334 g/mol. The predicted octanol–water partition coefficient (Wildman–Crippen LogP) is 3.41. The molecule has 0 aliphatic carbocycles. The Labute approximate surface area is 133 Å². The van der Waals surface area contributed by atoms with Gasteiger partial charge in [-0.05, 0) is 0 Å². The quantitative estimate of drug-likeness (QED) is 0.586. The molecule has 8 heteroatoms. The molecule has 1 N–H and O–H groups in total. The molecule has 0 saturated carbocycles. The van der Waals surface area contributed by atoms with Crippen LogP contribution >= 0.6 is 30.8 Å². The summed E-state index contributed by atoms with van der Waals surface area (Å²) in [6, 6.07) is 9.41. The van der Waals surface area contributed by atoms with Gasteiger partial charge < -0.3 is 9.05 Å². The Hall–Kier alpha value is -0.840. The maximum Gasteiger partial charge on any atom is 0.365 e. The van der Waals surface area contributed by atoms with Gasteiger partial charge in [0.2, 0.25) is 0 Å². The Kier molecular flexibility index (Phi) is 6.27. The first-order valence-corrected chi connectivity index (χ1v) is 8.93. The smallest absolute Gasteiger partial charge is 0.304 e. The van der Waals surface area contributed by atoms with Crippen molar-refractivity contribution in [3.63, 3.8) is 0 Å². The zero-order chi connectivity index (χ0) is 15.1. The average molecular weight is 349 g/mol. The van der Waals surface area contributed by atoms with Gasteiger partial charge in [-0.1, -0.05) is 30.3 Å². The molecule has 1 aromatic heterocycles. The molecule has 1 heterocycles. The number of H-pyrrole nitrogens is 1. The molecule has 21 heavy (non-hydrogen) atoms. The van der Waals surface area contributed by atoms with Crippen LogP contribution in [0.4, 0.5) is 0 Å². The van der Waals surface area contributed by atoms with Crippen molar-refractivity contribution >= 4 is 36.1 Å². The molecule has 114 valence electrons. The third-order valence-corrected chi connectivity index (χ3v) is 4.94. The predicted molar refractivity (Wildman–Crippen MR) is 84.6 cm³/mol. The minimum atomic E-state index is -3.52. The molecule has 0 amide bonds. The molecule has 0 aliphatic rings. The van der Waals surface area contributed by atoms with Crippen LogP contribution in [0.3, 0.4) is 0 Å². The maximum absolute atomic E-state index is 13.0. The van der Waals surface area contributed by atoms with Crippen LogP contribution in [-0.2, 0) is 13.6 Å². The van der Waals surface area contributed by atoms with E-state index in [1.165, 1.54) is 6.20 Å². The Balaban J connectivity index is 2.37. The lowest BCUT2D eigenvalue weighted by atomic mass is 10.2. The Morgan fingerprint density at radius 3 is 2.29 bits per heavy atom. The highest BCUT2D eigenvalue weighted by atomic mass is 35.5. The first-order valence-electron chi connectivity index (χ1n) is 6.31. The van der Waals surface area contributed by atoms with E-state index in [0.717, 1.165) is 5.56 Å². The number of alkyl halides is 2. The Bertz CT molecular complexity index is 594. The van der Waals surface area contributed by atoms with E-state index in [4.69, 9.17) is 32.2 Å². The number of nitrogens with one attached hydrogen (secondary N) is 1. The minimum absolute atomic E-state index is 0.112. The van der Waals surface area contributed by atoms with Crippen LogP contribution in [0.1, 0.15) is 0 Å². The van der Waals surface area contributed by atoms with E-state index in [1.807, 2.05) is 30.3 Å². The van der Waals surface area contributed by atoms with Crippen LogP contribution in [-0.4, -0.2) is 35.2 Å². The van der Waals surface area contributed by atoms with Gasteiger partial charge in [-0.3, -0.25) is 9.66 Å². The van der Waals surface area contributed by atoms with Crippen molar-refractivity contribution < 1.29 is 13.6 Å². The summed E-state index contributed by atoms with van der Waals surface area (Å²) in [5, 5.41) is 7.17. The van der Waals surface area contributed by atoms with Gasteiger partial charge in [-0.25, -0.2) is 0 Å². The summed E-state index contributed by atoms with van der Waals surface area (Å²) in [4.78, 5) is 0. The van der Waals surface area contributed by atoms with Gasteiger partial charge in [0.15, 0.2) is 0 Å². The third-order valence-electron chi connectivity index (χ3n) is 2.65. The molecule has 0 bridgehead atoms. The van der Waals surface area contributed by atoms with Crippen molar-refractivity contribution in [2.45, 2.75) is 0 Å². The van der Waals surface area contributed by atoms with Crippen LogP contribution in [0.2, 0.25) is 0 Å². The fraction of sp³-hybridized carbons (Fsp3) is 0.308. The summed E-state index contributed by atoms with van der Waals surface area (Å²) in [6.45, 7) is 0.223. The minimum Gasteiger partial charge on any atom is -0.304 e. The largest absolute Gasteiger partial charge is 0.365 e. The summed E-state index contributed by atoms with van der Waals surface area (Å²) in [5.74, 6) is 0.430. The van der Waals surface area contributed by atoms with E-state index in [-0.39, 0.29) is 25.0 Å². The lowest BCUT2D eigenvalue weighted by Crippen LogP contribution is -2.13. The summed E-state index contributed by atoms with van der Waals surface area (Å²) >= 11 is 11.2. The van der Waals surface area contributed by atoms with Gasteiger partial charge in [0.1, 0.15) is 5.30 Å². The SMILES string of the molecule is O=P(OCCCl)(OCCCl)c1cn[nH]c1-c1ccccc1. The lowest BCUT2D eigenvalue weighted by molar-refractivity contribution is 0.232. The van der Waals surface area contributed by atoms with Crippen molar-refractivity contribution in [3.05, 3.63) is 36.5 Å². The topological polar surface area (TPSA) is 64.2 Å². The highest BCUT2D eigenvalue weighted by Gasteiger charge is 2.32. The second-order valence-electron chi connectivity index (χ2n) is 4.04. The Morgan fingerprint density at radius 2 is 1.71 bits per heavy atom. The van der Waals surface area contributed by atoms with Crippen LogP contribution < -0.4 is 5.30 Å². The normalized spacial score (nSPS) is 11.7. The van der Waals surface area contributed by atoms with Gasteiger partial charge in [0.05, 0.1) is 25.1 Å².